The maximum atomic E-state index is 14.8. The fraction of sp³-hybridized carbons (Fsp3) is 0.207. The van der Waals surface area contributed by atoms with Crippen LogP contribution in [-0.4, -0.2) is 43.1 Å². The van der Waals surface area contributed by atoms with Crippen molar-refractivity contribution in [2.24, 2.45) is 5.92 Å². The summed E-state index contributed by atoms with van der Waals surface area (Å²) in [6, 6.07) is 14.2. The molecule has 8 nitrogen and oxygen atoms in total. The molecule has 4 heterocycles. The van der Waals surface area contributed by atoms with Gasteiger partial charge in [0.1, 0.15) is 23.0 Å². The van der Waals surface area contributed by atoms with Gasteiger partial charge >= 0.3 is 0 Å². The largest absolute Gasteiger partial charge is 0.494 e. The Morgan fingerprint density at radius 1 is 1.15 bits per heavy atom. The third-order valence-corrected chi connectivity index (χ3v) is 8.83. The summed E-state index contributed by atoms with van der Waals surface area (Å²) in [5.74, 6) is 0.136. The minimum absolute atomic E-state index is 0.138. The van der Waals surface area contributed by atoms with Crippen molar-refractivity contribution in [1.29, 1.82) is 0 Å². The van der Waals surface area contributed by atoms with Gasteiger partial charge in [0.15, 0.2) is 23.4 Å². The summed E-state index contributed by atoms with van der Waals surface area (Å²) in [6.07, 6.45) is 4.48. The van der Waals surface area contributed by atoms with E-state index in [-0.39, 0.29) is 23.5 Å². The number of benzene rings is 2. The standard InChI is InChI=1S/C29H24ClFN6O2S/c1-39-20-10-9-17(11-19(20)31)25-24-27(32)33-14-34-28(24)37(35-25)26(16-7-8-16)18-12-22-36(21(30)13-40-22)29(38)23(18)15-5-3-2-4-6-15/h2-6,9-14,16,26,29,38H,7-8H2,1H3,(H2,32,33,34). The van der Waals surface area contributed by atoms with E-state index in [2.05, 4.69) is 16.0 Å². The van der Waals surface area contributed by atoms with Gasteiger partial charge in [0, 0.05) is 16.5 Å². The van der Waals surface area contributed by atoms with Gasteiger partial charge in [-0.3, -0.25) is 4.90 Å². The van der Waals surface area contributed by atoms with Gasteiger partial charge in [0.25, 0.3) is 0 Å². The molecule has 0 radical (unpaired) electrons. The maximum absolute atomic E-state index is 14.8. The van der Waals surface area contributed by atoms with Gasteiger partial charge in [0.05, 0.1) is 23.6 Å². The number of aliphatic hydroxyl groups excluding tert-OH is 1. The molecule has 2 aromatic carbocycles. The topological polar surface area (TPSA) is 102 Å². The number of aromatic nitrogens is 4. The third kappa shape index (κ3) is 3.97. The number of rotatable bonds is 6. The summed E-state index contributed by atoms with van der Waals surface area (Å²) in [4.78, 5) is 10.6. The number of thioether (sulfide) groups is 1. The lowest BCUT2D eigenvalue weighted by molar-refractivity contribution is 0.115. The van der Waals surface area contributed by atoms with E-state index in [1.54, 1.807) is 17.0 Å². The van der Waals surface area contributed by atoms with E-state index in [0.717, 1.165) is 34.6 Å². The van der Waals surface area contributed by atoms with Gasteiger partial charge < -0.3 is 15.6 Å². The zero-order valence-corrected chi connectivity index (χ0v) is 22.9. The lowest BCUT2D eigenvalue weighted by atomic mass is 9.89. The molecule has 2 aromatic heterocycles. The van der Waals surface area contributed by atoms with Crippen LogP contribution in [-0.2, 0) is 0 Å². The molecule has 1 aliphatic carbocycles. The Hall–Kier alpha value is -3.86. The van der Waals surface area contributed by atoms with Gasteiger partial charge in [-0.1, -0.05) is 53.7 Å². The van der Waals surface area contributed by atoms with Crippen LogP contribution in [0.15, 0.2) is 82.1 Å². The molecule has 4 aromatic rings. The molecule has 40 heavy (non-hydrogen) atoms. The van der Waals surface area contributed by atoms with Gasteiger partial charge in [-0.25, -0.2) is 19.0 Å². The van der Waals surface area contributed by atoms with Crippen LogP contribution in [0.5, 0.6) is 5.75 Å². The van der Waals surface area contributed by atoms with Crippen molar-refractivity contribution in [2.75, 3.05) is 12.8 Å². The number of anilines is 1. The van der Waals surface area contributed by atoms with Crippen molar-refractivity contribution in [1.82, 2.24) is 24.6 Å². The van der Waals surface area contributed by atoms with Gasteiger partial charge in [-0.05, 0) is 54.2 Å². The molecule has 0 saturated heterocycles. The van der Waals surface area contributed by atoms with Crippen LogP contribution in [0.25, 0.3) is 27.9 Å². The van der Waals surface area contributed by atoms with E-state index in [4.69, 9.17) is 27.2 Å². The summed E-state index contributed by atoms with van der Waals surface area (Å²) < 4.78 is 21.8. The Kier molecular flexibility index (Phi) is 6.06. The van der Waals surface area contributed by atoms with Crippen molar-refractivity contribution in [3.63, 3.8) is 0 Å². The number of fused-ring (bicyclic) bond motifs is 2. The first-order valence-electron chi connectivity index (χ1n) is 12.8. The molecule has 0 amide bonds. The molecule has 7 rings (SSSR count). The van der Waals surface area contributed by atoms with Gasteiger partial charge in [-0.2, -0.15) is 5.10 Å². The Morgan fingerprint density at radius 3 is 2.67 bits per heavy atom. The van der Waals surface area contributed by atoms with Crippen LogP contribution in [0.3, 0.4) is 0 Å². The first kappa shape index (κ1) is 25.1. The van der Waals surface area contributed by atoms with Crippen molar-refractivity contribution >= 4 is 45.8 Å². The molecule has 2 atom stereocenters. The predicted molar refractivity (Wildman–Crippen MR) is 154 cm³/mol. The van der Waals surface area contributed by atoms with Crippen LogP contribution >= 0.6 is 23.4 Å². The first-order valence-corrected chi connectivity index (χ1v) is 14.1. The van der Waals surface area contributed by atoms with E-state index in [9.17, 15) is 9.50 Å². The average molecular weight is 575 g/mol. The summed E-state index contributed by atoms with van der Waals surface area (Å²) >= 11 is 7.98. The molecular weight excluding hydrogens is 551 g/mol. The molecule has 1 saturated carbocycles. The van der Waals surface area contributed by atoms with Crippen molar-refractivity contribution < 1.29 is 14.2 Å². The predicted octanol–water partition coefficient (Wildman–Crippen LogP) is 5.89. The monoisotopic (exact) mass is 574 g/mol. The Balaban J connectivity index is 1.48. The molecule has 0 spiro atoms. The van der Waals surface area contributed by atoms with E-state index in [0.29, 0.717) is 27.4 Å². The number of methoxy groups -OCH3 is 1. The highest BCUT2D eigenvalue weighted by molar-refractivity contribution is 8.06. The fourth-order valence-electron chi connectivity index (χ4n) is 5.54. The van der Waals surface area contributed by atoms with E-state index in [1.807, 2.05) is 40.4 Å². The lowest BCUT2D eigenvalue weighted by Crippen LogP contribution is -2.35. The second-order valence-electron chi connectivity index (χ2n) is 9.90. The summed E-state index contributed by atoms with van der Waals surface area (Å²) in [5.41, 5.74) is 10.5. The van der Waals surface area contributed by atoms with Crippen LogP contribution < -0.4 is 10.5 Å². The van der Waals surface area contributed by atoms with Crippen molar-refractivity contribution in [2.45, 2.75) is 25.1 Å². The summed E-state index contributed by atoms with van der Waals surface area (Å²) in [6.45, 7) is 0. The number of hydrogen-bond acceptors (Lipinski definition) is 8. The minimum atomic E-state index is -0.992. The number of ether oxygens (including phenoxy) is 1. The Morgan fingerprint density at radius 2 is 1.95 bits per heavy atom. The number of hydrogen-bond donors (Lipinski definition) is 2. The summed E-state index contributed by atoms with van der Waals surface area (Å²) in [7, 11) is 1.42. The number of halogens is 2. The number of nitrogens with two attached hydrogens (primary N) is 1. The second kappa shape index (κ2) is 9.65. The molecule has 2 aliphatic heterocycles. The molecular formula is C29H24ClFN6O2S. The molecule has 3 N–H and O–H groups in total. The van der Waals surface area contributed by atoms with E-state index >= 15 is 0 Å². The zero-order chi connectivity index (χ0) is 27.5. The highest BCUT2D eigenvalue weighted by Crippen LogP contribution is 2.53. The number of nitrogen functional groups attached to an aromatic ring is 1. The lowest BCUT2D eigenvalue weighted by Gasteiger charge is -2.36. The Labute approximate surface area is 238 Å². The third-order valence-electron chi connectivity index (χ3n) is 7.52. The van der Waals surface area contributed by atoms with Crippen LogP contribution in [0, 0.1) is 11.7 Å². The van der Waals surface area contributed by atoms with E-state index < -0.39 is 12.0 Å². The van der Waals surface area contributed by atoms with Crippen LogP contribution in [0.4, 0.5) is 10.2 Å². The molecule has 2 unspecified atom stereocenters. The number of nitrogens with zero attached hydrogens (tertiary/aromatic N) is 5. The molecule has 3 aliphatic rings. The second-order valence-corrected chi connectivity index (χ2v) is 11.2. The SMILES string of the molecule is COc1ccc(-c2nn(C(C3=C(c4ccccc4)C(O)N4C(Cl)=CSC4=C3)C3CC3)c3ncnc(N)c23)cc1F. The van der Waals surface area contributed by atoms with Crippen molar-refractivity contribution in [3.8, 4) is 17.0 Å². The summed E-state index contributed by atoms with van der Waals surface area (Å²) in [5, 5.41) is 20.4. The van der Waals surface area contributed by atoms with E-state index in [1.165, 1.54) is 31.3 Å². The normalized spacial score (nSPS) is 19.5. The maximum Gasteiger partial charge on any atom is 0.165 e. The molecule has 1 fully saturated rings. The highest BCUT2D eigenvalue weighted by atomic mass is 35.5. The Bertz CT molecular complexity index is 1750. The number of allylic oxidation sites excluding steroid dienone is 2. The molecule has 11 heteroatoms. The van der Waals surface area contributed by atoms with Gasteiger partial charge in [0.2, 0.25) is 0 Å². The molecule has 202 valence electrons. The van der Waals surface area contributed by atoms with Crippen molar-refractivity contribution in [3.05, 3.63) is 93.5 Å². The van der Waals surface area contributed by atoms with Crippen LogP contribution in [0.1, 0.15) is 24.4 Å². The number of aliphatic hydroxyl groups is 1. The van der Waals surface area contributed by atoms with Crippen LogP contribution in [0.2, 0.25) is 0 Å². The minimum Gasteiger partial charge on any atom is -0.494 e. The molecule has 0 bridgehead atoms. The highest BCUT2D eigenvalue weighted by Gasteiger charge is 2.43. The smallest absolute Gasteiger partial charge is 0.165 e. The zero-order valence-electron chi connectivity index (χ0n) is 21.3. The average Bonchev–Trinajstić information content (AvgIpc) is 3.61. The fourth-order valence-corrected chi connectivity index (χ4v) is 6.74. The first-order chi connectivity index (χ1) is 19.5. The quantitative estimate of drug-likeness (QED) is 0.275. The van der Waals surface area contributed by atoms with Gasteiger partial charge in [-0.15, -0.1) is 0 Å².